The molecule has 0 spiro atoms. The molecule has 0 amide bonds. The Balaban J connectivity index is 2.29. The van der Waals surface area contributed by atoms with Gasteiger partial charge in [-0.25, -0.2) is 0 Å². The van der Waals surface area contributed by atoms with Crippen LogP contribution in [0.15, 0.2) is 36.4 Å². The molecule has 0 fully saturated rings. The molecule has 0 bridgehead atoms. The van der Waals surface area contributed by atoms with Crippen molar-refractivity contribution in [2.45, 2.75) is 26.4 Å². The molecular formula is C17H19ClO2. The van der Waals surface area contributed by atoms with Crippen molar-refractivity contribution in [3.8, 4) is 5.75 Å². The van der Waals surface area contributed by atoms with E-state index in [2.05, 4.69) is 6.07 Å². The maximum absolute atomic E-state index is 10.5. The van der Waals surface area contributed by atoms with Crippen molar-refractivity contribution < 1.29 is 9.84 Å². The van der Waals surface area contributed by atoms with Gasteiger partial charge in [-0.15, -0.1) is 0 Å². The van der Waals surface area contributed by atoms with Crippen LogP contribution in [0.2, 0.25) is 5.02 Å². The second kappa shape index (κ2) is 6.29. The zero-order valence-corrected chi connectivity index (χ0v) is 12.7. The van der Waals surface area contributed by atoms with E-state index in [0.717, 1.165) is 28.0 Å². The molecule has 2 aromatic rings. The molecule has 0 aromatic heterocycles. The first-order valence-corrected chi connectivity index (χ1v) is 6.96. The second-order valence-corrected chi connectivity index (χ2v) is 5.48. The van der Waals surface area contributed by atoms with E-state index < -0.39 is 6.10 Å². The highest BCUT2D eigenvalue weighted by atomic mass is 35.5. The summed E-state index contributed by atoms with van der Waals surface area (Å²) in [5.41, 5.74) is 4.07. The van der Waals surface area contributed by atoms with Crippen molar-refractivity contribution >= 4 is 11.6 Å². The number of rotatable bonds is 4. The van der Waals surface area contributed by atoms with Gasteiger partial charge in [-0.1, -0.05) is 29.8 Å². The number of aliphatic hydroxyl groups excluding tert-OH is 1. The first-order chi connectivity index (χ1) is 9.51. The van der Waals surface area contributed by atoms with Crippen LogP contribution in [0.3, 0.4) is 0 Å². The van der Waals surface area contributed by atoms with Crippen molar-refractivity contribution in [1.82, 2.24) is 0 Å². The Morgan fingerprint density at radius 2 is 1.80 bits per heavy atom. The van der Waals surface area contributed by atoms with Crippen molar-refractivity contribution in [1.29, 1.82) is 0 Å². The maximum atomic E-state index is 10.5. The van der Waals surface area contributed by atoms with Crippen LogP contribution in [-0.2, 0) is 6.42 Å². The SMILES string of the molecule is COc1cc(C)cc(C)c1C(O)Cc1ccc(Cl)cc1. The van der Waals surface area contributed by atoms with Crippen LogP contribution in [0.1, 0.15) is 28.4 Å². The summed E-state index contributed by atoms with van der Waals surface area (Å²) >= 11 is 5.87. The third kappa shape index (κ3) is 3.33. The molecule has 3 heteroatoms. The second-order valence-electron chi connectivity index (χ2n) is 5.04. The summed E-state index contributed by atoms with van der Waals surface area (Å²) in [7, 11) is 1.63. The summed E-state index contributed by atoms with van der Waals surface area (Å²) in [4.78, 5) is 0. The molecule has 0 aliphatic carbocycles. The standard InChI is InChI=1S/C17H19ClO2/c1-11-8-12(2)17(16(9-11)20-3)15(19)10-13-4-6-14(18)7-5-13/h4-9,15,19H,10H2,1-3H3. The van der Waals surface area contributed by atoms with Crippen LogP contribution in [0, 0.1) is 13.8 Å². The third-order valence-corrected chi connectivity index (χ3v) is 3.64. The van der Waals surface area contributed by atoms with Crippen molar-refractivity contribution in [3.05, 3.63) is 63.7 Å². The van der Waals surface area contributed by atoms with E-state index in [1.807, 2.05) is 44.2 Å². The lowest BCUT2D eigenvalue weighted by molar-refractivity contribution is 0.173. The Labute approximate surface area is 125 Å². The number of halogens is 1. The number of benzene rings is 2. The molecule has 0 saturated carbocycles. The topological polar surface area (TPSA) is 29.5 Å². The zero-order chi connectivity index (χ0) is 14.7. The average molecular weight is 291 g/mol. The fourth-order valence-corrected chi connectivity index (χ4v) is 2.61. The molecule has 0 aliphatic rings. The summed E-state index contributed by atoms with van der Waals surface area (Å²) in [5.74, 6) is 0.740. The molecule has 1 unspecified atom stereocenters. The summed E-state index contributed by atoms with van der Waals surface area (Å²) in [5, 5.41) is 11.2. The molecule has 2 rings (SSSR count). The normalized spacial score (nSPS) is 12.2. The minimum absolute atomic E-state index is 0.539. The lowest BCUT2D eigenvalue weighted by Crippen LogP contribution is -2.06. The predicted octanol–water partition coefficient (Wildman–Crippen LogP) is 4.24. The van der Waals surface area contributed by atoms with Gasteiger partial charge in [0.1, 0.15) is 5.75 Å². The van der Waals surface area contributed by atoms with E-state index in [1.165, 1.54) is 0 Å². The molecule has 2 aromatic carbocycles. The van der Waals surface area contributed by atoms with Gasteiger partial charge in [0.15, 0.2) is 0 Å². The van der Waals surface area contributed by atoms with Gasteiger partial charge in [0, 0.05) is 17.0 Å². The highest BCUT2D eigenvalue weighted by Crippen LogP contribution is 2.32. The predicted molar refractivity (Wildman–Crippen MR) is 82.6 cm³/mol. The first kappa shape index (κ1) is 14.9. The molecule has 2 nitrogen and oxygen atoms in total. The van der Waals surface area contributed by atoms with Crippen molar-refractivity contribution in [2.75, 3.05) is 7.11 Å². The van der Waals surface area contributed by atoms with Crippen molar-refractivity contribution in [3.63, 3.8) is 0 Å². The molecule has 106 valence electrons. The molecule has 1 N–H and O–H groups in total. The molecule has 0 radical (unpaired) electrons. The summed E-state index contributed by atoms with van der Waals surface area (Å²) in [6.45, 7) is 4.01. The van der Waals surface area contributed by atoms with Gasteiger partial charge < -0.3 is 9.84 Å². The number of methoxy groups -OCH3 is 1. The van der Waals surface area contributed by atoms with Crippen LogP contribution in [0.5, 0.6) is 5.75 Å². The minimum atomic E-state index is -0.591. The Hall–Kier alpha value is -1.51. The highest BCUT2D eigenvalue weighted by Gasteiger charge is 2.17. The quantitative estimate of drug-likeness (QED) is 0.912. The Morgan fingerprint density at radius 1 is 1.15 bits per heavy atom. The maximum Gasteiger partial charge on any atom is 0.125 e. The summed E-state index contributed by atoms with van der Waals surface area (Å²) < 4.78 is 5.40. The zero-order valence-electron chi connectivity index (χ0n) is 12.0. The fourth-order valence-electron chi connectivity index (χ4n) is 2.48. The first-order valence-electron chi connectivity index (χ1n) is 6.59. The molecule has 0 saturated heterocycles. The molecule has 1 atom stereocenters. The van der Waals surface area contributed by atoms with Crippen LogP contribution in [-0.4, -0.2) is 12.2 Å². The molecule has 20 heavy (non-hydrogen) atoms. The Kier molecular flexibility index (Phi) is 4.69. The smallest absolute Gasteiger partial charge is 0.125 e. The number of ether oxygens (including phenoxy) is 1. The van der Waals surface area contributed by atoms with E-state index in [4.69, 9.17) is 16.3 Å². The van der Waals surface area contributed by atoms with Crippen LogP contribution < -0.4 is 4.74 Å². The minimum Gasteiger partial charge on any atom is -0.496 e. The van der Waals surface area contributed by atoms with Crippen LogP contribution >= 0.6 is 11.6 Å². The van der Waals surface area contributed by atoms with Gasteiger partial charge in [-0.3, -0.25) is 0 Å². The van der Waals surface area contributed by atoms with E-state index >= 15 is 0 Å². The largest absolute Gasteiger partial charge is 0.496 e. The molecule has 0 aliphatic heterocycles. The van der Waals surface area contributed by atoms with Crippen molar-refractivity contribution in [2.24, 2.45) is 0 Å². The van der Waals surface area contributed by atoms with Crippen LogP contribution in [0.25, 0.3) is 0 Å². The number of hydrogen-bond donors (Lipinski definition) is 1. The lowest BCUT2D eigenvalue weighted by Gasteiger charge is -2.18. The third-order valence-electron chi connectivity index (χ3n) is 3.39. The molecular weight excluding hydrogens is 272 g/mol. The van der Waals surface area contributed by atoms with Crippen LogP contribution in [0.4, 0.5) is 0 Å². The van der Waals surface area contributed by atoms with Gasteiger partial charge in [0.05, 0.1) is 13.2 Å². The van der Waals surface area contributed by atoms with E-state index in [-0.39, 0.29) is 0 Å². The van der Waals surface area contributed by atoms with E-state index in [0.29, 0.717) is 11.4 Å². The van der Waals surface area contributed by atoms with Gasteiger partial charge in [0.2, 0.25) is 0 Å². The Morgan fingerprint density at radius 3 is 2.40 bits per heavy atom. The number of hydrogen-bond acceptors (Lipinski definition) is 2. The average Bonchev–Trinajstić information content (AvgIpc) is 2.40. The van der Waals surface area contributed by atoms with E-state index in [9.17, 15) is 5.11 Å². The monoisotopic (exact) mass is 290 g/mol. The molecule has 0 heterocycles. The summed E-state index contributed by atoms with van der Waals surface area (Å²) in [6.07, 6.45) is -0.0519. The Bertz CT molecular complexity index is 591. The lowest BCUT2D eigenvalue weighted by atomic mass is 9.95. The van der Waals surface area contributed by atoms with Gasteiger partial charge >= 0.3 is 0 Å². The number of aryl methyl sites for hydroxylation is 2. The van der Waals surface area contributed by atoms with E-state index in [1.54, 1.807) is 7.11 Å². The highest BCUT2D eigenvalue weighted by molar-refractivity contribution is 6.30. The van der Waals surface area contributed by atoms with Gasteiger partial charge in [-0.05, 0) is 48.7 Å². The van der Waals surface area contributed by atoms with Gasteiger partial charge in [-0.2, -0.15) is 0 Å². The number of aliphatic hydroxyl groups is 1. The fraction of sp³-hybridized carbons (Fsp3) is 0.294. The van der Waals surface area contributed by atoms with Gasteiger partial charge in [0.25, 0.3) is 0 Å². The summed E-state index contributed by atoms with van der Waals surface area (Å²) in [6, 6.07) is 11.5.